The summed E-state index contributed by atoms with van der Waals surface area (Å²) in [5.74, 6) is 4.71. The molecule has 12 heavy (non-hydrogen) atoms. The van der Waals surface area contributed by atoms with Gasteiger partial charge in [0, 0.05) is 0 Å². The summed E-state index contributed by atoms with van der Waals surface area (Å²) in [6, 6.07) is 0. The fourth-order valence-corrected chi connectivity index (χ4v) is 4.40. The highest BCUT2D eigenvalue weighted by molar-refractivity contribution is 4.93. The maximum atomic E-state index is 1.59. The molecule has 3 fully saturated rings. The van der Waals surface area contributed by atoms with Crippen LogP contribution in [0.4, 0.5) is 0 Å². The summed E-state index contributed by atoms with van der Waals surface area (Å²) in [4.78, 5) is 0. The molecule has 3 aliphatic carbocycles. The fourth-order valence-electron chi connectivity index (χ4n) is 4.40. The standard InChI is InChI=1S/C12H20/c1-3-9-7-8-10-4-2-6-12(10)11(9)5-1/h9-12H,1-8H2/t9-,10-,11-,12-/m1/s1. The zero-order valence-corrected chi connectivity index (χ0v) is 7.97. The summed E-state index contributed by atoms with van der Waals surface area (Å²) in [6.45, 7) is 0. The van der Waals surface area contributed by atoms with E-state index in [-0.39, 0.29) is 0 Å². The third-order valence-corrected chi connectivity index (χ3v) is 4.89. The number of fused-ring (bicyclic) bond motifs is 3. The van der Waals surface area contributed by atoms with E-state index in [0.717, 1.165) is 0 Å². The molecule has 0 nitrogen and oxygen atoms in total. The number of hydrogen-bond donors (Lipinski definition) is 0. The second-order valence-corrected chi connectivity index (χ2v) is 5.29. The molecule has 0 aliphatic heterocycles. The van der Waals surface area contributed by atoms with Crippen molar-refractivity contribution in [2.45, 2.75) is 51.4 Å². The van der Waals surface area contributed by atoms with Crippen LogP contribution in [0.3, 0.4) is 0 Å². The van der Waals surface area contributed by atoms with Gasteiger partial charge in [-0.2, -0.15) is 0 Å². The quantitative estimate of drug-likeness (QED) is 0.513. The van der Waals surface area contributed by atoms with Crippen LogP contribution in [-0.4, -0.2) is 0 Å². The Morgan fingerprint density at radius 2 is 1.00 bits per heavy atom. The van der Waals surface area contributed by atoms with E-state index in [1.807, 2.05) is 0 Å². The molecule has 0 saturated heterocycles. The van der Waals surface area contributed by atoms with Crippen molar-refractivity contribution < 1.29 is 0 Å². The molecule has 0 heterocycles. The molecule has 0 N–H and O–H groups in total. The highest BCUT2D eigenvalue weighted by atomic mass is 14.5. The van der Waals surface area contributed by atoms with Crippen molar-refractivity contribution in [1.82, 2.24) is 0 Å². The van der Waals surface area contributed by atoms with Crippen molar-refractivity contribution in [3.63, 3.8) is 0 Å². The van der Waals surface area contributed by atoms with Gasteiger partial charge >= 0.3 is 0 Å². The van der Waals surface area contributed by atoms with Crippen LogP contribution < -0.4 is 0 Å². The molecule has 0 aromatic carbocycles. The van der Waals surface area contributed by atoms with Gasteiger partial charge in [-0.3, -0.25) is 0 Å². The van der Waals surface area contributed by atoms with Crippen LogP contribution in [0, 0.1) is 23.7 Å². The van der Waals surface area contributed by atoms with Gasteiger partial charge in [0.15, 0.2) is 0 Å². The molecule has 4 atom stereocenters. The number of rotatable bonds is 0. The van der Waals surface area contributed by atoms with Crippen LogP contribution in [0.25, 0.3) is 0 Å². The minimum atomic E-state index is 1.17. The molecule has 68 valence electrons. The maximum absolute atomic E-state index is 1.59. The van der Waals surface area contributed by atoms with Crippen molar-refractivity contribution in [2.24, 2.45) is 23.7 Å². The Labute approximate surface area is 75.7 Å². The zero-order valence-electron chi connectivity index (χ0n) is 7.97. The molecule has 0 bridgehead atoms. The Morgan fingerprint density at radius 3 is 1.50 bits per heavy atom. The van der Waals surface area contributed by atoms with E-state index in [0.29, 0.717) is 0 Å². The largest absolute Gasteiger partial charge is 0.0527 e. The molecule has 3 rings (SSSR count). The minimum absolute atomic E-state index is 1.17. The van der Waals surface area contributed by atoms with Crippen LogP contribution in [0.5, 0.6) is 0 Å². The first-order valence-electron chi connectivity index (χ1n) is 5.95. The summed E-state index contributed by atoms with van der Waals surface area (Å²) in [6.07, 6.45) is 12.6. The molecular formula is C12H20. The Hall–Kier alpha value is 0. The van der Waals surface area contributed by atoms with Crippen LogP contribution in [0.15, 0.2) is 0 Å². The third-order valence-electron chi connectivity index (χ3n) is 4.89. The van der Waals surface area contributed by atoms with Crippen molar-refractivity contribution in [2.75, 3.05) is 0 Å². The molecule has 0 heteroatoms. The summed E-state index contributed by atoms with van der Waals surface area (Å²) in [7, 11) is 0. The fraction of sp³-hybridized carbons (Fsp3) is 1.00. The Balaban J connectivity index is 1.81. The normalized spacial score (nSPS) is 52.0. The van der Waals surface area contributed by atoms with Crippen molar-refractivity contribution in [1.29, 1.82) is 0 Å². The molecule has 3 saturated carbocycles. The SMILES string of the molecule is C1C[C@@H]2CC[C@H]3CCC[C@H]3[C@@H]2C1. The van der Waals surface area contributed by atoms with Gasteiger partial charge in [0.2, 0.25) is 0 Å². The van der Waals surface area contributed by atoms with Crippen molar-refractivity contribution in [3.8, 4) is 0 Å². The van der Waals surface area contributed by atoms with E-state index < -0.39 is 0 Å². The van der Waals surface area contributed by atoms with Crippen molar-refractivity contribution in [3.05, 3.63) is 0 Å². The van der Waals surface area contributed by atoms with Crippen LogP contribution in [-0.2, 0) is 0 Å². The van der Waals surface area contributed by atoms with E-state index in [4.69, 9.17) is 0 Å². The predicted molar refractivity (Wildman–Crippen MR) is 50.9 cm³/mol. The second-order valence-electron chi connectivity index (χ2n) is 5.29. The summed E-state index contributed by atoms with van der Waals surface area (Å²) in [5, 5.41) is 0. The summed E-state index contributed by atoms with van der Waals surface area (Å²) >= 11 is 0. The van der Waals surface area contributed by atoms with Crippen molar-refractivity contribution >= 4 is 0 Å². The van der Waals surface area contributed by atoms with Gasteiger partial charge in [-0.05, 0) is 49.4 Å². The molecule has 0 aromatic heterocycles. The van der Waals surface area contributed by atoms with Crippen LogP contribution in [0.2, 0.25) is 0 Å². The molecule has 0 amide bonds. The summed E-state index contributed by atoms with van der Waals surface area (Å²) < 4.78 is 0. The number of hydrogen-bond acceptors (Lipinski definition) is 0. The lowest BCUT2D eigenvalue weighted by Gasteiger charge is -2.36. The first kappa shape index (κ1) is 7.41. The molecule has 0 spiro atoms. The Bertz CT molecular complexity index is 153. The topological polar surface area (TPSA) is 0 Å². The lowest BCUT2D eigenvalue weighted by molar-refractivity contribution is 0.136. The monoisotopic (exact) mass is 164 g/mol. The first-order chi connectivity index (χ1) is 5.95. The van der Waals surface area contributed by atoms with E-state index in [1.165, 1.54) is 23.7 Å². The van der Waals surface area contributed by atoms with Gasteiger partial charge in [-0.1, -0.05) is 25.7 Å². The van der Waals surface area contributed by atoms with E-state index in [2.05, 4.69) is 0 Å². The van der Waals surface area contributed by atoms with Gasteiger partial charge in [0.25, 0.3) is 0 Å². The average molecular weight is 164 g/mol. The van der Waals surface area contributed by atoms with Gasteiger partial charge < -0.3 is 0 Å². The molecule has 3 aliphatic rings. The molecule has 0 unspecified atom stereocenters. The lowest BCUT2D eigenvalue weighted by Crippen LogP contribution is -2.28. The van der Waals surface area contributed by atoms with Crippen LogP contribution >= 0.6 is 0 Å². The maximum Gasteiger partial charge on any atom is -0.0355 e. The van der Waals surface area contributed by atoms with Crippen LogP contribution in [0.1, 0.15) is 51.4 Å². The van der Waals surface area contributed by atoms with Gasteiger partial charge in [0.05, 0.1) is 0 Å². The highest BCUT2D eigenvalue weighted by Gasteiger charge is 2.43. The molecular weight excluding hydrogens is 144 g/mol. The third kappa shape index (κ3) is 0.963. The summed E-state index contributed by atoms with van der Waals surface area (Å²) in [5.41, 5.74) is 0. The Morgan fingerprint density at radius 1 is 0.500 bits per heavy atom. The van der Waals surface area contributed by atoms with Gasteiger partial charge in [-0.15, -0.1) is 0 Å². The van der Waals surface area contributed by atoms with Gasteiger partial charge in [0.1, 0.15) is 0 Å². The zero-order chi connectivity index (χ0) is 7.97. The predicted octanol–water partition coefficient (Wildman–Crippen LogP) is 3.61. The lowest BCUT2D eigenvalue weighted by atomic mass is 9.69. The molecule has 0 aromatic rings. The van der Waals surface area contributed by atoms with E-state index in [9.17, 15) is 0 Å². The van der Waals surface area contributed by atoms with Gasteiger partial charge in [-0.25, -0.2) is 0 Å². The Kier molecular flexibility index (Phi) is 1.70. The second kappa shape index (κ2) is 2.75. The van der Waals surface area contributed by atoms with E-state index >= 15 is 0 Å². The molecule has 0 radical (unpaired) electrons. The highest BCUT2D eigenvalue weighted by Crippen LogP contribution is 2.53. The first-order valence-corrected chi connectivity index (χ1v) is 5.95. The van der Waals surface area contributed by atoms with E-state index in [1.54, 1.807) is 51.4 Å². The average Bonchev–Trinajstić information content (AvgIpc) is 2.71. The minimum Gasteiger partial charge on any atom is -0.0527 e. The smallest absolute Gasteiger partial charge is 0.0355 e.